The highest BCUT2D eigenvalue weighted by Gasteiger charge is 2.27. The summed E-state index contributed by atoms with van der Waals surface area (Å²) in [7, 11) is 1.76. The van der Waals surface area contributed by atoms with E-state index in [0.717, 1.165) is 11.1 Å². The van der Waals surface area contributed by atoms with Crippen LogP contribution in [0, 0.1) is 19.8 Å². The lowest BCUT2D eigenvalue weighted by Crippen LogP contribution is -2.30. The van der Waals surface area contributed by atoms with Crippen LogP contribution in [0.3, 0.4) is 0 Å². The molecule has 2 N–H and O–H groups in total. The molecule has 1 saturated heterocycles. The van der Waals surface area contributed by atoms with E-state index in [1.807, 2.05) is 26.0 Å². The van der Waals surface area contributed by atoms with E-state index >= 15 is 0 Å². The summed E-state index contributed by atoms with van der Waals surface area (Å²) in [5.41, 5.74) is 3.25. The standard InChI is InChI=1S/C21H25N3O4S/c1-14-4-8-18(9-5-14)24(29(27)28)19-11-17(7-6-15(19)2)21(26)22-12-16-10-20(25)23(3)13-16/h4-9,11,16H,10,12-13H2,1-3H3,(H,22,26)(H,27,28). The maximum Gasteiger partial charge on any atom is 0.266 e. The number of rotatable bonds is 6. The number of nitrogens with one attached hydrogen (secondary N) is 1. The quantitative estimate of drug-likeness (QED) is 0.710. The maximum absolute atomic E-state index is 12.6. The van der Waals surface area contributed by atoms with Crippen LogP contribution in [0.15, 0.2) is 42.5 Å². The van der Waals surface area contributed by atoms with E-state index in [1.54, 1.807) is 42.3 Å². The lowest BCUT2D eigenvalue weighted by molar-refractivity contribution is -0.126. The Morgan fingerprint density at radius 2 is 1.93 bits per heavy atom. The van der Waals surface area contributed by atoms with Crippen LogP contribution < -0.4 is 9.62 Å². The zero-order valence-electron chi connectivity index (χ0n) is 16.7. The molecule has 3 rings (SSSR count). The molecule has 2 aromatic rings. The van der Waals surface area contributed by atoms with Gasteiger partial charge in [0, 0.05) is 38.0 Å². The molecule has 2 atom stereocenters. The zero-order valence-corrected chi connectivity index (χ0v) is 17.5. The predicted octanol–water partition coefficient (Wildman–Crippen LogP) is 2.79. The SMILES string of the molecule is Cc1ccc(N(c2cc(C(=O)NCC3CC(=O)N(C)C3)ccc2C)S(=O)O)cc1. The third-order valence-electron chi connectivity index (χ3n) is 5.09. The van der Waals surface area contributed by atoms with Crippen LogP contribution in [0.4, 0.5) is 11.4 Å². The number of carbonyl (C=O) groups excluding carboxylic acids is 2. The molecular weight excluding hydrogens is 390 g/mol. The smallest absolute Gasteiger partial charge is 0.266 e. The first-order chi connectivity index (χ1) is 13.8. The number of likely N-dealkylation sites (tertiary alicyclic amines) is 1. The third-order valence-corrected chi connectivity index (χ3v) is 5.81. The number of hydrogen-bond donors (Lipinski definition) is 2. The minimum Gasteiger partial charge on any atom is -0.352 e. The molecule has 2 amide bonds. The average molecular weight is 416 g/mol. The number of amides is 2. The molecule has 8 heteroatoms. The van der Waals surface area contributed by atoms with Crippen molar-refractivity contribution in [2.24, 2.45) is 5.92 Å². The number of nitrogens with zero attached hydrogens (tertiary/aromatic N) is 2. The highest BCUT2D eigenvalue weighted by molar-refractivity contribution is 7.81. The van der Waals surface area contributed by atoms with E-state index in [0.29, 0.717) is 36.4 Å². The monoisotopic (exact) mass is 415 g/mol. The Labute approximate surface area is 173 Å². The van der Waals surface area contributed by atoms with Crippen molar-refractivity contribution < 1.29 is 18.4 Å². The van der Waals surface area contributed by atoms with Gasteiger partial charge in [0.05, 0.1) is 11.4 Å². The Balaban J connectivity index is 1.81. The second-order valence-corrected chi connectivity index (χ2v) is 8.24. The third kappa shape index (κ3) is 4.83. The number of hydrogen-bond acceptors (Lipinski definition) is 3. The molecule has 1 aliphatic heterocycles. The van der Waals surface area contributed by atoms with Crippen molar-refractivity contribution in [2.45, 2.75) is 20.3 Å². The summed E-state index contributed by atoms with van der Waals surface area (Å²) in [6, 6.07) is 12.3. The summed E-state index contributed by atoms with van der Waals surface area (Å²) in [6.45, 7) is 4.80. The second kappa shape index (κ2) is 8.75. The molecule has 1 fully saturated rings. The van der Waals surface area contributed by atoms with Crippen molar-refractivity contribution in [3.8, 4) is 0 Å². The van der Waals surface area contributed by atoms with Gasteiger partial charge in [-0.05, 0) is 43.7 Å². The zero-order chi connectivity index (χ0) is 21.1. The first kappa shape index (κ1) is 21.0. The number of carbonyl (C=O) groups is 2. The summed E-state index contributed by atoms with van der Waals surface area (Å²) in [4.78, 5) is 25.9. The largest absolute Gasteiger partial charge is 0.352 e. The Bertz CT molecular complexity index is 945. The minimum absolute atomic E-state index is 0.0843. The summed E-state index contributed by atoms with van der Waals surface area (Å²) in [6.07, 6.45) is 0.431. The van der Waals surface area contributed by atoms with Gasteiger partial charge in [-0.3, -0.25) is 14.1 Å². The molecule has 0 spiro atoms. The van der Waals surface area contributed by atoms with E-state index in [2.05, 4.69) is 5.32 Å². The Hall–Kier alpha value is -2.71. The van der Waals surface area contributed by atoms with E-state index < -0.39 is 11.3 Å². The van der Waals surface area contributed by atoms with Crippen molar-refractivity contribution >= 4 is 34.5 Å². The van der Waals surface area contributed by atoms with Gasteiger partial charge in [0.2, 0.25) is 5.91 Å². The molecule has 1 aliphatic rings. The van der Waals surface area contributed by atoms with Crippen LogP contribution in [0.2, 0.25) is 0 Å². The molecule has 0 aliphatic carbocycles. The van der Waals surface area contributed by atoms with E-state index in [9.17, 15) is 18.4 Å². The fourth-order valence-electron chi connectivity index (χ4n) is 3.40. The Morgan fingerprint density at radius 3 is 2.52 bits per heavy atom. The Kier molecular flexibility index (Phi) is 6.34. The van der Waals surface area contributed by atoms with Gasteiger partial charge in [-0.2, -0.15) is 0 Å². The number of benzene rings is 2. The normalized spacial score (nSPS) is 17.3. The molecule has 2 unspecified atom stereocenters. The topological polar surface area (TPSA) is 90.0 Å². The summed E-state index contributed by atoms with van der Waals surface area (Å²) >= 11 is -2.30. The molecule has 2 aromatic carbocycles. The summed E-state index contributed by atoms with van der Waals surface area (Å²) in [5, 5.41) is 2.87. The van der Waals surface area contributed by atoms with Crippen LogP contribution >= 0.6 is 0 Å². The second-order valence-electron chi connectivity index (χ2n) is 7.42. The van der Waals surface area contributed by atoms with Gasteiger partial charge in [0.15, 0.2) is 0 Å². The highest BCUT2D eigenvalue weighted by atomic mass is 32.2. The first-order valence-corrected chi connectivity index (χ1v) is 10.4. The van der Waals surface area contributed by atoms with Crippen molar-refractivity contribution in [3.63, 3.8) is 0 Å². The van der Waals surface area contributed by atoms with Crippen LogP contribution in [0.1, 0.15) is 27.9 Å². The van der Waals surface area contributed by atoms with Gasteiger partial charge in [0.25, 0.3) is 17.2 Å². The highest BCUT2D eigenvalue weighted by Crippen LogP contribution is 2.31. The van der Waals surface area contributed by atoms with E-state index in [-0.39, 0.29) is 17.7 Å². The molecule has 0 saturated carbocycles. The van der Waals surface area contributed by atoms with Crippen LogP contribution in [0.25, 0.3) is 0 Å². The molecule has 29 heavy (non-hydrogen) atoms. The predicted molar refractivity (Wildman–Crippen MR) is 113 cm³/mol. The molecular formula is C21H25N3O4S. The molecule has 0 aromatic heterocycles. The molecule has 0 radical (unpaired) electrons. The molecule has 7 nitrogen and oxygen atoms in total. The van der Waals surface area contributed by atoms with Crippen molar-refractivity contribution in [2.75, 3.05) is 24.4 Å². The van der Waals surface area contributed by atoms with Crippen molar-refractivity contribution in [1.29, 1.82) is 0 Å². The van der Waals surface area contributed by atoms with E-state index in [1.165, 1.54) is 4.31 Å². The summed E-state index contributed by atoms with van der Waals surface area (Å²) in [5.74, 6) is -0.0998. The number of anilines is 2. The van der Waals surface area contributed by atoms with Gasteiger partial charge < -0.3 is 10.2 Å². The lowest BCUT2D eigenvalue weighted by atomic mass is 10.1. The van der Waals surface area contributed by atoms with E-state index in [4.69, 9.17) is 0 Å². The van der Waals surface area contributed by atoms with Gasteiger partial charge >= 0.3 is 0 Å². The minimum atomic E-state index is -2.30. The lowest BCUT2D eigenvalue weighted by Gasteiger charge is -2.23. The van der Waals surface area contributed by atoms with Gasteiger partial charge in [-0.15, -0.1) is 0 Å². The summed E-state index contributed by atoms with van der Waals surface area (Å²) < 4.78 is 23.3. The molecule has 1 heterocycles. The Morgan fingerprint density at radius 1 is 1.24 bits per heavy atom. The van der Waals surface area contributed by atoms with Crippen LogP contribution in [-0.4, -0.2) is 45.6 Å². The van der Waals surface area contributed by atoms with Gasteiger partial charge in [0.1, 0.15) is 0 Å². The fraction of sp³-hybridized carbons (Fsp3) is 0.333. The van der Waals surface area contributed by atoms with Gasteiger partial charge in [-0.1, -0.05) is 23.8 Å². The molecule has 0 bridgehead atoms. The van der Waals surface area contributed by atoms with Crippen molar-refractivity contribution in [3.05, 3.63) is 59.2 Å². The van der Waals surface area contributed by atoms with Gasteiger partial charge in [-0.25, -0.2) is 8.51 Å². The average Bonchev–Trinajstić information content (AvgIpc) is 3.00. The molecule has 154 valence electrons. The fourth-order valence-corrected chi connectivity index (χ4v) is 4.06. The first-order valence-electron chi connectivity index (χ1n) is 9.37. The van der Waals surface area contributed by atoms with Crippen molar-refractivity contribution in [1.82, 2.24) is 10.2 Å². The van der Waals surface area contributed by atoms with Crippen LogP contribution in [-0.2, 0) is 16.1 Å². The maximum atomic E-state index is 12.6. The number of aryl methyl sites for hydroxylation is 2. The van der Waals surface area contributed by atoms with Crippen LogP contribution in [0.5, 0.6) is 0 Å².